The average molecular weight is 516 g/mol. The van der Waals surface area contributed by atoms with E-state index in [1.54, 1.807) is 48.9 Å². The summed E-state index contributed by atoms with van der Waals surface area (Å²) < 4.78 is 35.1. The summed E-state index contributed by atoms with van der Waals surface area (Å²) in [5.74, 6) is 0.597. The summed E-state index contributed by atoms with van der Waals surface area (Å²) in [4.78, 5) is 27.6. The SMILES string of the molecule is CCCOc1ccc(S(=O)(=O)Nc2ccc3[nH]ncc3c2)cc1-c1nc2cc3nc[nH]c3cc2c(=O)[nH]1. The van der Waals surface area contributed by atoms with Crippen molar-refractivity contribution in [1.82, 2.24) is 30.1 Å². The summed E-state index contributed by atoms with van der Waals surface area (Å²) in [6.07, 6.45) is 3.90. The van der Waals surface area contributed by atoms with Gasteiger partial charge in [0.2, 0.25) is 0 Å². The second-order valence-electron chi connectivity index (χ2n) is 8.49. The molecule has 0 unspecified atom stereocenters. The largest absolute Gasteiger partial charge is 0.493 e. The van der Waals surface area contributed by atoms with E-state index >= 15 is 0 Å². The van der Waals surface area contributed by atoms with Crippen LogP contribution in [0.2, 0.25) is 0 Å². The van der Waals surface area contributed by atoms with Gasteiger partial charge in [0.25, 0.3) is 15.6 Å². The first-order chi connectivity index (χ1) is 17.9. The Labute approximate surface area is 210 Å². The van der Waals surface area contributed by atoms with Crippen molar-refractivity contribution in [3.63, 3.8) is 0 Å². The third-order valence-electron chi connectivity index (χ3n) is 5.92. The molecule has 0 radical (unpaired) electrons. The fourth-order valence-electron chi connectivity index (χ4n) is 4.12. The molecule has 186 valence electrons. The lowest BCUT2D eigenvalue weighted by Crippen LogP contribution is -2.14. The topological polar surface area (TPSA) is 159 Å². The highest BCUT2D eigenvalue weighted by atomic mass is 32.2. The first-order valence-corrected chi connectivity index (χ1v) is 13.0. The van der Waals surface area contributed by atoms with Crippen molar-refractivity contribution in [2.24, 2.45) is 0 Å². The van der Waals surface area contributed by atoms with E-state index in [1.807, 2.05) is 6.92 Å². The summed E-state index contributed by atoms with van der Waals surface area (Å²) in [5.41, 5.74) is 2.98. The Kier molecular flexibility index (Phi) is 5.37. The van der Waals surface area contributed by atoms with Crippen LogP contribution in [0.25, 0.3) is 44.2 Å². The van der Waals surface area contributed by atoms with Crippen molar-refractivity contribution in [3.8, 4) is 17.1 Å². The van der Waals surface area contributed by atoms with Gasteiger partial charge in [-0.15, -0.1) is 0 Å². The smallest absolute Gasteiger partial charge is 0.261 e. The lowest BCUT2D eigenvalue weighted by Gasteiger charge is -2.14. The Morgan fingerprint density at radius 2 is 1.92 bits per heavy atom. The molecule has 0 spiro atoms. The summed E-state index contributed by atoms with van der Waals surface area (Å²) in [7, 11) is -3.98. The number of nitrogens with zero attached hydrogens (tertiary/aromatic N) is 3. The van der Waals surface area contributed by atoms with Crippen molar-refractivity contribution < 1.29 is 13.2 Å². The van der Waals surface area contributed by atoms with Crippen molar-refractivity contribution in [2.75, 3.05) is 11.3 Å². The van der Waals surface area contributed by atoms with Crippen LogP contribution in [0.4, 0.5) is 5.69 Å². The van der Waals surface area contributed by atoms with E-state index < -0.39 is 10.0 Å². The van der Waals surface area contributed by atoms with Gasteiger partial charge in [-0.1, -0.05) is 6.92 Å². The first-order valence-electron chi connectivity index (χ1n) is 11.5. The molecule has 0 saturated carbocycles. The second kappa shape index (κ2) is 8.75. The van der Waals surface area contributed by atoms with Gasteiger partial charge in [-0.05, 0) is 55.0 Å². The monoisotopic (exact) mass is 515 g/mol. The third kappa shape index (κ3) is 4.16. The number of fused-ring (bicyclic) bond motifs is 3. The maximum absolute atomic E-state index is 13.3. The molecular weight excluding hydrogens is 494 g/mol. The van der Waals surface area contributed by atoms with E-state index in [-0.39, 0.29) is 16.3 Å². The zero-order valence-electron chi connectivity index (χ0n) is 19.6. The summed E-state index contributed by atoms with van der Waals surface area (Å²) in [6.45, 7) is 2.37. The molecule has 3 heterocycles. The highest BCUT2D eigenvalue weighted by molar-refractivity contribution is 7.92. The third-order valence-corrected chi connectivity index (χ3v) is 7.30. The van der Waals surface area contributed by atoms with E-state index in [0.717, 1.165) is 17.3 Å². The van der Waals surface area contributed by atoms with Gasteiger partial charge in [-0.2, -0.15) is 5.10 Å². The van der Waals surface area contributed by atoms with Crippen molar-refractivity contribution in [2.45, 2.75) is 18.2 Å². The molecule has 3 aromatic heterocycles. The number of hydrogen-bond acceptors (Lipinski definition) is 7. The molecule has 11 nitrogen and oxygen atoms in total. The molecule has 3 aromatic carbocycles. The Balaban J connectivity index is 1.45. The highest BCUT2D eigenvalue weighted by Gasteiger charge is 2.20. The summed E-state index contributed by atoms with van der Waals surface area (Å²) in [6, 6.07) is 12.9. The van der Waals surface area contributed by atoms with Gasteiger partial charge in [-0.25, -0.2) is 18.4 Å². The Hall–Kier alpha value is -4.71. The molecular formula is C25H21N7O4S. The van der Waals surface area contributed by atoms with Gasteiger partial charge in [-0.3, -0.25) is 14.6 Å². The van der Waals surface area contributed by atoms with Crippen LogP contribution in [-0.4, -0.2) is 45.2 Å². The van der Waals surface area contributed by atoms with Crippen LogP contribution in [0.15, 0.2) is 70.7 Å². The molecule has 0 amide bonds. The predicted molar refractivity (Wildman–Crippen MR) is 140 cm³/mol. The van der Waals surface area contributed by atoms with E-state index in [0.29, 0.717) is 45.5 Å². The highest BCUT2D eigenvalue weighted by Crippen LogP contribution is 2.32. The van der Waals surface area contributed by atoms with E-state index in [9.17, 15) is 13.2 Å². The van der Waals surface area contributed by atoms with Gasteiger partial charge >= 0.3 is 0 Å². The number of H-pyrrole nitrogens is 3. The standard InChI is InChI=1S/C25H21N7O4S/c1-2-7-36-23-6-4-16(37(34,35)32-15-3-5-19-14(8-15)12-28-31-19)9-18(23)24-29-20-11-22-21(26-13-27-22)10-17(20)25(33)30-24/h3-6,8-13,32H,2,7H2,1H3,(H,26,27)(H,28,31)(H,29,30,33). The number of ether oxygens (including phenoxy) is 1. The van der Waals surface area contributed by atoms with Gasteiger partial charge in [0.15, 0.2) is 0 Å². The molecule has 0 fully saturated rings. The zero-order chi connectivity index (χ0) is 25.6. The minimum Gasteiger partial charge on any atom is -0.493 e. The van der Waals surface area contributed by atoms with Crippen molar-refractivity contribution >= 4 is 48.5 Å². The molecule has 0 saturated heterocycles. The van der Waals surface area contributed by atoms with Crippen LogP contribution >= 0.6 is 0 Å². The zero-order valence-corrected chi connectivity index (χ0v) is 20.4. The number of aromatic nitrogens is 6. The molecule has 0 aliphatic rings. The quantitative estimate of drug-likeness (QED) is 0.251. The van der Waals surface area contributed by atoms with E-state index in [4.69, 9.17) is 4.74 Å². The van der Waals surface area contributed by atoms with Gasteiger partial charge in [0.1, 0.15) is 11.6 Å². The molecule has 0 bridgehead atoms. The molecule has 6 aromatic rings. The summed E-state index contributed by atoms with van der Waals surface area (Å²) in [5, 5.41) is 7.95. The molecule has 6 rings (SSSR count). The molecule has 4 N–H and O–H groups in total. The number of anilines is 1. The van der Waals surface area contributed by atoms with Crippen LogP contribution in [0.5, 0.6) is 5.75 Å². The molecule has 37 heavy (non-hydrogen) atoms. The normalized spacial score (nSPS) is 11.9. The number of benzene rings is 3. The average Bonchev–Trinajstić information content (AvgIpc) is 3.54. The van der Waals surface area contributed by atoms with Gasteiger partial charge in [0, 0.05) is 11.1 Å². The lowest BCUT2D eigenvalue weighted by molar-refractivity contribution is 0.318. The molecule has 0 aliphatic carbocycles. The Bertz CT molecular complexity index is 1960. The molecule has 12 heteroatoms. The lowest BCUT2D eigenvalue weighted by atomic mass is 10.1. The fourth-order valence-corrected chi connectivity index (χ4v) is 5.19. The Morgan fingerprint density at radius 3 is 2.78 bits per heavy atom. The Morgan fingerprint density at radius 1 is 1.03 bits per heavy atom. The van der Waals surface area contributed by atoms with Crippen LogP contribution in [-0.2, 0) is 10.0 Å². The molecule has 0 atom stereocenters. The van der Waals surface area contributed by atoms with Crippen LogP contribution in [0, 0.1) is 0 Å². The second-order valence-corrected chi connectivity index (χ2v) is 10.2. The number of imidazole rings is 1. The predicted octanol–water partition coefficient (Wildman–Crippen LogP) is 3.93. The number of nitrogens with one attached hydrogen (secondary N) is 4. The fraction of sp³-hybridized carbons (Fsp3) is 0.120. The van der Waals surface area contributed by atoms with Crippen LogP contribution in [0.3, 0.4) is 0 Å². The summed E-state index contributed by atoms with van der Waals surface area (Å²) >= 11 is 0. The molecule has 0 aliphatic heterocycles. The number of rotatable bonds is 7. The number of hydrogen-bond donors (Lipinski definition) is 4. The number of sulfonamides is 1. The maximum atomic E-state index is 13.3. The van der Waals surface area contributed by atoms with Gasteiger partial charge in [0.05, 0.1) is 57.0 Å². The maximum Gasteiger partial charge on any atom is 0.261 e. The number of aromatic amines is 3. The van der Waals surface area contributed by atoms with Crippen LogP contribution < -0.4 is 15.0 Å². The van der Waals surface area contributed by atoms with Crippen LogP contribution in [0.1, 0.15) is 13.3 Å². The van der Waals surface area contributed by atoms with Gasteiger partial charge < -0.3 is 14.7 Å². The van der Waals surface area contributed by atoms with E-state index in [2.05, 4.69) is 34.9 Å². The first kappa shape index (κ1) is 22.7. The minimum absolute atomic E-state index is 0.0101. The van der Waals surface area contributed by atoms with Crippen molar-refractivity contribution in [3.05, 3.63) is 71.4 Å². The van der Waals surface area contributed by atoms with E-state index in [1.165, 1.54) is 12.1 Å². The minimum atomic E-state index is -3.98. The van der Waals surface area contributed by atoms with Crippen molar-refractivity contribution in [1.29, 1.82) is 0 Å².